The zero-order valence-electron chi connectivity index (χ0n) is 7.86. The third kappa shape index (κ3) is 9.49. The van der Waals surface area contributed by atoms with E-state index >= 15 is 0 Å². The fourth-order valence-electron chi connectivity index (χ4n) is 0.598. The van der Waals surface area contributed by atoms with Gasteiger partial charge in [-0.2, -0.15) is 25.3 Å². The monoisotopic (exact) mass is 242 g/mol. The van der Waals surface area contributed by atoms with Crippen molar-refractivity contribution in [1.29, 1.82) is 0 Å². The molecule has 0 aromatic carbocycles. The third-order valence-corrected chi connectivity index (χ3v) is 5.14. The molecule has 0 N–H and O–H groups in total. The number of rotatable bonds is 6. The Hall–Kier alpha value is 1.40. The maximum absolute atomic E-state index is 4.34. The van der Waals surface area contributed by atoms with Crippen LogP contribution < -0.4 is 0 Å². The Balaban J connectivity index is 3.27. The first-order valence-corrected chi connectivity index (χ1v) is 7.24. The van der Waals surface area contributed by atoms with Crippen LogP contribution in [0.5, 0.6) is 0 Å². The zero-order chi connectivity index (χ0) is 9.56. The van der Waals surface area contributed by atoms with Crippen molar-refractivity contribution in [1.82, 2.24) is 0 Å². The summed E-state index contributed by atoms with van der Waals surface area (Å²) in [7, 11) is 0. The van der Waals surface area contributed by atoms with Gasteiger partial charge in [-0.25, -0.2) is 0 Å². The Bertz CT molecular complexity index is 91.2. The van der Waals surface area contributed by atoms with Crippen molar-refractivity contribution in [2.24, 2.45) is 0 Å². The van der Waals surface area contributed by atoms with E-state index < -0.39 is 0 Å². The van der Waals surface area contributed by atoms with Gasteiger partial charge in [0.15, 0.2) is 0 Å². The Morgan fingerprint density at radius 1 is 0.917 bits per heavy atom. The molecule has 0 aromatic heterocycles. The summed E-state index contributed by atoms with van der Waals surface area (Å²) in [6.07, 6.45) is 0. The number of hydrogen-bond donors (Lipinski definition) is 2. The second-order valence-electron chi connectivity index (χ2n) is 2.93. The van der Waals surface area contributed by atoms with Crippen LogP contribution in [0, 0.1) is 0 Å². The molecule has 0 aliphatic heterocycles. The minimum atomic E-state index is 0.506. The summed E-state index contributed by atoms with van der Waals surface area (Å²) in [6, 6.07) is 0. The van der Waals surface area contributed by atoms with Crippen LogP contribution in [0.3, 0.4) is 0 Å². The van der Waals surface area contributed by atoms with Gasteiger partial charge in [0.2, 0.25) is 0 Å². The van der Waals surface area contributed by atoms with Crippen molar-refractivity contribution >= 4 is 48.8 Å². The van der Waals surface area contributed by atoms with Crippen molar-refractivity contribution in [3.8, 4) is 0 Å². The zero-order valence-corrected chi connectivity index (χ0v) is 11.3. The topological polar surface area (TPSA) is 0 Å². The highest BCUT2D eigenvalue weighted by molar-refractivity contribution is 8.17. The van der Waals surface area contributed by atoms with Crippen LogP contribution in [-0.4, -0.2) is 26.6 Å². The van der Waals surface area contributed by atoms with Crippen molar-refractivity contribution in [3.05, 3.63) is 0 Å². The molecule has 2 unspecified atom stereocenters. The predicted molar refractivity (Wildman–Crippen MR) is 71.3 cm³/mol. The number of thioether (sulfide) groups is 2. The van der Waals surface area contributed by atoms with Gasteiger partial charge >= 0.3 is 0 Å². The van der Waals surface area contributed by atoms with E-state index in [2.05, 4.69) is 46.0 Å². The maximum Gasteiger partial charge on any atom is 0.0475 e. The highest BCUT2D eigenvalue weighted by Gasteiger charge is 2.05. The summed E-state index contributed by atoms with van der Waals surface area (Å²) in [5.74, 6) is 2.27. The fourth-order valence-corrected chi connectivity index (χ4v) is 3.07. The van der Waals surface area contributed by atoms with E-state index in [1.54, 1.807) is 0 Å². The average Bonchev–Trinajstić information content (AvgIpc) is 1.96. The quantitative estimate of drug-likeness (QED) is 0.541. The van der Waals surface area contributed by atoms with Crippen LogP contribution in [0.25, 0.3) is 0 Å². The second-order valence-corrected chi connectivity index (χ2v) is 7.74. The first-order chi connectivity index (χ1) is 5.52. The SMILES string of the molecule is CC(S)CSC(C)SCC(C)S. The molecule has 0 nitrogen and oxygen atoms in total. The third-order valence-electron chi connectivity index (χ3n) is 1.14. The summed E-state index contributed by atoms with van der Waals surface area (Å²) >= 11 is 12.6. The van der Waals surface area contributed by atoms with Gasteiger partial charge in [-0.05, 0) is 6.92 Å². The first kappa shape index (κ1) is 13.4. The number of thiol groups is 2. The second kappa shape index (κ2) is 7.77. The smallest absolute Gasteiger partial charge is 0.0475 e. The van der Waals surface area contributed by atoms with Crippen LogP contribution in [0.2, 0.25) is 0 Å². The van der Waals surface area contributed by atoms with Crippen molar-refractivity contribution in [3.63, 3.8) is 0 Å². The average molecular weight is 243 g/mol. The van der Waals surface area contributed by atoms with Crippen LogP contribution in [0.4, 0.5) is 0 Å². The van der Waals surface area contributed by atoms with Gasteiger partial charge in [-0.3, -0.25) is 0 Å². The van der Waals surface area contributed by atoms with Gasteiger partial charge < -0.3 is 0 Å². The maximum atomic E-state index is 4.34. The Morgan fingerprint density at radius 2 is 1.25 bits per heavy atom. The van der Waals surface area contributed by atoms with E-state index in [0.717, 1.165) is 11.5 Å². The lowest BCUT2D eigenvalue weighted by Gasteiger charge is -2.12. The van der Waals surface area contributed by atoms with E-state index in [1.807, 2.05) is 23.5 Å². The molecule has 0 aliphatic rings. The van der Waals surface area contributed by atoms with Crippen LogP contribution in [0.15, 0.2) is 0 Å². The van der Waals surface area contributed by atoms with Gasteiger partial charge in [0.05, 0.1) is 0 Å². The normalized spacial score (nSPS) is 18.8. The first-order valence-electron chi connectivity index (χ1n) is 4.11. The molecule has 0 rings (SSSR count). The van der Waals surface area contributed by atoms with Gasteiger partial charge in [0, 0.05) is 26.6 Å². The van der Waals surface area contributed by atoms with E-state index in [0.29, 0.717) is 15.1 Å². The molecule has 0 amide bonds. The molecule has 0 aromatic rings. The molecule has 0 radical (unpaired) electrons. The van der Waals surface area contributed by atoms with E-state index in [-0.39, 0.29) is 0 Å². The Morgan fingerprint density at radius 3 is 1.50 bits per heavy atom. The van der Waals surface area contributed by atoms with Crippen LogP contribution in [-0.2, 0) is 0 Å². The summed E-state index contributed by atoms with van der Waals surface area (Å²) in [6.45, 7) is 6.52. The van der Waals surface area contributed by atoms with Crippen LogP contribution in [0.1, 0.15) is 20.8 Å². The van der Waals surface area contributed by atoms with Crippen molar-refractivity contribution in [2.45, 2.75) is 35.9 Å². The molecule has 0 saturated heterocycles. The standard InChI is InChI=1S/C8H18S4/c1-6(9)4-11-8(3)12-5-7(2)10/h6-10H,4-5H2,1-3H3. The largest absolute Gasteiger partial charge is 0.175 e. The molecule has 0 aliphatic carbocycles. The van der Waals surface area contributed by atoms with Gasteiger partial charge in [0.1, 0.15) is 0 Å². The molecular formula is C8H18S4. The molecular weight excluding hydrogens is 224 g/mol. The van der Waals surface area contributed by atoms with Crippen LogP contribution >= 0.6 is 48.8 Å². The van der Waals surface area contributed by atoms with Crippen molar-refractivity contribution in [2.75, 3.05) is 11.5 Å². The van der Waals surface area contributed by atoms with E-state index in [4.69, 9.17) is 0 Å². The Labute approximate surface area is 95.9 Å². The highest BCUT2D eigenvalue weighted by atomic mass is 32.2. The molecule has 12 heavy (non-hydrogen) atoms. The van der Waals surface area contributed by atoms with Gasteiger partial charge in [-0.15, -0.1) is 23.5 Å². The molecule has 74 valence electrons. The molecule has 0 bridgehead atoms. The minimum absolute atomic E-state index is 0.506. The van der Waals surface area contributed by atoms with Gasteiger partial charge in [0.25, 0.3) is 0 Å². The van der Waals surface area contributed by atoms with E-state index in [9.17, 15) is 0 Å². The summed E-state index contributed by atoms with van der Waals surface area (Å²) in [5.41, 5.74) is 0. The lowest BCUT2D eigenvalue weighted by atomic mass is 10.6. The Kier molecular flexibility index (Phi) is 8.68. The van der Waals surface area contributed by atoms with E-state index in [1.165, 1.54) is 0 Å². The lowest BCUT2D eigenvalue weighted by molar-refractivity contribution is 1.13. The summed E-state index contributed by atoms with van der Waals surface area (Å²) in [4.78, 5) is 0. The fraction of sp³-hybridized carbons (Fsp3) is 1.00. The number of hydrogen-bond acceptors (Lipinski definition) is 4. The highest BCUT2D eigenvalue weighted by Crippen LogP contribution is 2.25. The lowest BCUT2D eigenvalue weighted by Crippen LogP contribution is -2.03. The molecule has 0 spiro atoms. The van der Waals surface area contributed by atoms with Crippen molar-refractivity contribution < 1.29 is 0 Å². The minimum Gasteiger partial charge on any atom is -0.175 e. The predicted octanol–water partition coefficient (Wildman–Crippen LogP) is 3.44. The summed E-state index contributed by atoms with van der Waals surface area (Å²) in [5, 5.41) is 1.01. The molecule has 0 saturated carbocycles. The molecule has 0 fully saturated rings. The molecule has 2 atom stereocenters. The molecule has 4 heteroatoms. The molecule has 0 heterocycles. The summed E-state index contributed by atoms with van der Waals surface area (Å²) < 4.78 is 0.675. The van der Waals surface area contributed by atoms with Gasteiger partial charge in [-0.1, -0.05) is 13.8 Å².